The molecule has 2 N–H and O–H groups in total. The van der Waals surface area contributed by atoms with E-state index < -0.39 is 0 Å². The van der Waals surface area contributed by atoms with Gasteiger partial charge in [-0.15, -0.1) is 0 Å². The van der Waals surface area contributed by atoms with Crippen molar-refractivity contribution in [2.75, 3.05) is 26.5 Å². The van der Waals surface area contributed by atoms with Gasteiger partial charge in [-0.1, -0.05) is 6.07 Å². The van der Waals surface area contributed by atoms with E-state index in [0.717, 1.165) is 41.5 Å². The lowest BCUT2D eigenvalue weighted by atomic mass is 9.90. The van der Waals surface area contributed by atoms with Gasteiger partial charge in [-0.3, -0.25) is 9.78 Å². The van der Waals surface area contributed by atoms with E-state index in [1.807, 2.05) is 37.3 Å². The molecule has 148 valence electrons. The molecule has 1 aromatic carbocycles. The van der Waals surface area contributed by atoms with Gasteiger partial charge in [0.1, 0.15) is 5.75 Å². The summed E-state index contributed by atoms with van der Waals surface area (Å²) in [5, 5.41) is 6.38. The second-order valence-electron chi connectivity index (χ2n) is 7.31. The van der Waals surface area contributed by atoms with Crippen LogP contribution in [0, 0.1) is 18.8 Å². The van der Waals surface area contributed by atoms with Crippen LogP contribution in [-0.2, 0) is 11.3 Å². The summed E-state index contributed by atoms with van der Waals surface area (Å²) in [7, 11) is 0. The number of benzene rings is 1. The van der Waals surface area contributed by atoms with Crippen LogP contribution in [0.15, 0.2) is 36.5 Å². The van der Waals surface area contributed by atoms with Crippen LogP contribution < -0.4 is 24.8 Å². The normalized spacial score (nSPS) is 20.6. The van der Waals surface area contributed by atoms with Crippen molar-refractivity contribution in [3.8, 4) is 17.2 Å². The number of carbonyl (C=O) groups excluding carboxylic acids is 1. The Kier molecular flexibility index (Phi) is 5.62. The van der Waals surface area contributed by atoms with Crippen LogP contribution in [0.25, 0.3) is 0 Å². The van der Waals surface area contributed by atoms with Crippen molar-refractivity contribution >= 4 is 5.91 Å². The zero-order valence-electron chi connectivity index (χ0n) is 15.9. The first kappa shape index (κ1) is 18.6. The third kappa shape index (κ3) is 4.54. The number of ether oxygens (including phenoxy) is 3. The molecule has 4 rings (SSSR count). The van der Waals surface area contributed by atoms with E-state index in [0.29, 0.717) is 19.7 Å². The van der Waals surface area contributed by atoms with Crippen LogP contribution >= 0.6 is 0 Å². The van der Waals surface area contributed by atoms with Gasteiger partial charge in [0.05, 0.1) is 18.7 Å². The molecule has 7 heteroatoms. The molecule has 0 bridgehead atoms. The first-order valence-corrected chi connectivity index (χ1v) is 9.60. The predicted molar refractivity (Wildman–Crippen MR) is 103 cm³/mol. The molecule has 28 heavy (non-hydrogen) atoms. The van der Waals surface area contributed by atoms with Gasteiger partial charge in [0, 0.05) is 31.2 Å². The van der Waals surface area contributed by atoms with E-state index >= 15 is 0 Å². The van der Waals surface area contributed by atoms with Crippen molar-refractivity contribution in [3.05, 3.63) is 47.8 Å². The Hall–Kier alpha value is -2.80. The van der Waals surface area contributed by atoms with Crippen LogP contribution in [0.2, 0.25) is 0 Å². The fourth-order valence-electron chi connectivity index (χ4n) is 3.50. The lowest BCUT2D eigenvalue weighted by Crippen LogP contribution is -2.45. The van der Waals surface area contributed by atoms with Crippen molar-refractivity contribution in [1.29, 1.82) is 0 Å². The number of nitrogens with zero attached hydrogens (tertiary/aromatic N) is 1. The molecule has 0 saturated carbocycles. The van der Waals surface area contributed by atoms with Gasteiger partial charge in [-0.2, -0.15) is 0 Å². The Bertz CT molecular complexity index is 825. The number of rotatable bonds is 6. The number of piperidine rings is 1. The van der Waals surface area contributed by atoms with Gasteiger partial charge >= 0.3 is 0 Å². The SMILES string of the molecule is Cc1ccc(OC[C@@H]2CNC[C@H](C(=O)NCc3ccc4c(c3)OCO4)C2)cn1. The van der Waals surface area contributed by atoms with Crippen molar-refractivity contribution in [2.45, 2.75) is 19.9 Å². The largest absolute Gasteiger partial charge is 0.492 e. The van der Waals surface area contributed by atoms with Gasteiger partial charge in [-0.25, -0.2) is 0 Å². The second-order valence-corrected chi connectivity index (χ2v) is 7.31. The van der Waals surface area contributed by atoms with Gasteiger partial charge in [0.25, 0.3) is 0 Å². The summed E-state index contributed by atoms with van der Waals surface area (Å²) in [6.07, 6.45) is 2.54. The molecule has 2 aromatic rings. The fourth-order valence-corrected chi connectivity index (χ4v) is 3.50. The summed E-state index contributed by atoms with van der Waals surface area (Å²) in [4.78, 5) is 16.8. The number of hydrogen-bond donors (Lipinski definition) is 2. The molecule has 3 heterocycles. The van der Waals surface area contributed by atoms with Crippen LogP contribution in [-0.4, -0.2) is 37.4 Å². The summed E-state index contributed by atoms with van der Waals surface area (Å²) >= 11 is 0. The van der Waals surface area contributed by atoms with Crippen molar-refractivity contribution in [3.63, 3.8) is 0 Å². The first-order valence-electron chi connectivity index (χ1n) is 9.60. The maximum atomic E-state index is 12.6. The molecular weight excluding hydrogens is 358 g/mol. The molecule has 2 aliphatic rings. The number of amides is 1. The third-order valence-electron chi connectivity index (χ3n) is 5.09. The van der Waals surface area contributed by atoms with Crippen LogP contribution in [0.1, 0.15) is 17.7 Å². The lowest BCUT2D eigenvalue weighted by Gasteiger charge is -2.29. The minimum Gasteiger partial charge on any atom is -0.492 e. The Morgan fingerprint density at radius 1 is 1.25 bits per heavy atom. The topological polar surface area (TPSA) is 81.7 Å². The monoisotopic (exact) mass is 383 g/mol. The number of carbonyl (C=O) groups is 1. The van der Waals surface area contributed by atoms with Gasteiger partial charge < -0.3 is 24.8 Å². The molecular formula is C21H25N3O4. The number of nitrogens with one attached hydrogen (secondary N) is 2. The minimum atomic E-state index is -0.0625. The van der Waals surface area contributed by atoms with Crippen molar-refractivity contribution in [1.82, 2.24) is 15.6 Å². The fraction of sp³-hybridized carbons (Fsp3) is 0.429. The maximum Gasteiger partial charge on any atom is 0.231 e. The molecule has 0 spiro atoms. The molecule has 0 radical (unpaired) electrons. The molecule has 2 aliphatic heterocycles. The highest BCUT2D eigenvalue weighted by atomic mass is 16.7. The Morgan fingerprint density at radius 3 is 3.00 bits per heavy atom. The highest BCUT2D eigenvalue weighted by Crippen LogP contribution is 2.32. The average molecular weight is 383 g/mol. The standard InChI is InChI=1S/C21H25N3O4/c1-14-2-4-18(11-23-14)26-12-16-6-17(10-22-8-16)21(25)24-9-15-3-5-19-20(7-15)28-13-27-19/h2-5,7,11,16-17,22H,6,8-10,12-13H2,1H3,(H,24,25)/t16-,17+/m0/s1. The van der Waals surface area contributed by atoms with Crippen molar-refractivity contribution < 1.29 is 19.0 Å². The molecule has 1 saturated heterocycles. The number of fused-ring (bicyclic) bond motifs is 1. The smallest absolute Gasteiger partial charge is 0.231 e. The number of pyridine rings is 1. The average Bonchev–Trinajstić information content (AvgIpc) is 3.20. The number of hydrogen-bond acceptors (Lipinski definition) is 6. The molecule has 0 unspecified atom stereocenters. The van der Waals surface area contributed by atoms with E-state index in [1.165, 1.54) is 0 Å². The Balaban J connectivity index is 1.25. The lowest BCUT2D eigenvalue weighted by molar-refractivity contribution is -0.126. The quantitative estimate of drug-likeness (QED) is 0.795. The number of aromatic nitrogens is 1. The predicted octanol–water partition coefficient (Wildman–Crippen LogP) is 2.04. The van der Waals surface area contributed by atoms with E-state index in [2.05, 4.69) is 15.6 Å². The highest BCUT2D eigenvalue weighted by Gasteiger charge is 2.27. The summed E-state index contributed by atoms with van der Waals surface area (Å²) in [5.41, 5.74) is 1.96. The molecule has 2 atom stereocenters. The van der Waals surface area contributed by atoms with Crippen LogP contribution in [0.3, 0.4) is 0 Å². The second kappa shape index (κ2) is 8.48. The molecule has 1 amide bonds. The zero-order valence-corrected chi connectivity index (χ0v) is 15.9. The molecule has 1 fully saturated rings. The molecule has 1 aromatic heterocycles. The third-order valence-corrected chi connectivity index (χ3v) is 5.09. The minimum absolute atomic E-state index is 0.0619. The zero-order chi connectivity index (χ0) is 19.3. The summed E-state index contributed by atoms with van der Waals surface area (Å²) in [6, 6.07) is 9.58. The van der Waals surface area contributed by atoms with E-state index in [9.17, 15) is 4.79 Å². The molecule has 0 aliphatic carbocycles. The van der Waals surface area contributed by atoms with Gasteiger partial charge in [0.15, 0.2) is 11.5 Å². The Labute approximate surface area is 164 Å². The summed E-state index contributed by atoms with van der Waals surface area (Å²) in [6.45, 7) is 4.79. The van der Waals surface area contributed by atoms with Gasteiger partial charge in [0.2, 0.25) is 12.7 Å². The van der Waals surface area contributed by atoms with Crippen LogP contribution in [0.4, 0.5) is 0 Å². The van der Waals surface area contributed by atoms with E-state index in [4.69, 9.17) is 14.2 Å². The summed E-state index contributed by atoms with van der Waals surface area (Å²) < 4.78 is 16.5. The number of aryl methyl sites for hydroxylation is 1. The van der Waals surface area contributed by atoms with Crippen LogP contribution in [0.5, 0.6) is 17.2 Å². The summed E-state index contributed by atoms with van der Waals surface area (Å²) in [5.74, 6) is 2.53. The van der Waals surface area contributed by atoms with Crippen molar-refractivity contribution in [2.24, 2.45) is 11.8 Å². The van der Waals surface area contributed by atoms with E-state index in [1.54, 1.807) is 6.20 Å². The molecule has 7 nitrogen and oxygen atoms in total. The Morgan fingerprint density at radius 2 is 2.14 bits per heavy atom. The van der Waals surface area contributed by atoms with Gasteiger partial charge in [-0.05, 0) is 43.2 Å². The van der Waals surface area contributed by atoms with E-state index in [-0.39, 0.29) is 24.5 Å². The maximum absolute atomic E-state index is 12.6. The highest BCUT2D eigenvalue weighted by molar-refractivity contribution is 5.79. The first-order chi connectivity index (χ1) is 13.7.